The fraction of sp³-hybridized carbons (Fsp3) is 0.316. The molecule has 3 rings (SSSR count). The van der Waals surface area contributed by atoms with Gasteiger partial charge in [-0.1, -0.05) is 0 Å². The molecule has 1 N–H and O–H groups in total. The maximum atomic E-state index is 13.4. The number of amides is 1. The number of methoxy groups -OCH3 is 1. The molecule has 1 heterocycles. The molecule has 6 heteroatoms. The summed E-state index contributed by atoms with van der Waals surface area (Å²) in [6, 6.07) is 11.1. The third kappa shape index (κ3) is 4.48. The highest BCUT2D eigenvalue weighted by Crippen LogP contribution is 2.21. The molecular formula is C19H20FNO4. The molecule has 1 unspecified atom stereocenters. The Kier molecular flexibility index (Phi) is 5.50. The van der Waals surface area contributed by atoms with Gasteiger partial charge in [-0.25, -0.2) is 4.39 Å². The molecule has 1 amide bonds. The number of anilines is 1. The standard InChI is InChI=1S/C19H20FNO4/c1-23-18-11-13(4-9-17(18)20)19(22)21-14-5-7-15(8-6-14)25-12-16-3-2-10-24-16/h4-9,11,16H,2-3,10,12H2,1H3,(H,21,22). The number of benzene rings is 2. The number of ether oxygens (including phenoxy) is 3. The van der Waals surface area contributed by atoms with Crippen molar-refractivity contribution < 1.29 is 23.4 Å². The van der Waals surface area contributed by atoms with Crippen LogP contribution >= 0.6 is 0 Å². The van der Waals surface area contributed by atoms with Crippen LogP contribution in [0, 0.1) is 5.82 Å². The van der Waals surface area contributed by atoms with E-state index >= 15 is 0 Å². The van der Waals surface area contributed by atoms with Gasteiger partial charge >= 0.3 is 0 Å². The fourth-order valence-corrected chi connectivity index (χ4v) is 2.60. The Hall–Kier alpha value is -2.60. The molecule has 0 saturated carbocycles. The maximum absolute atomic E-state index is 13.4. The normalized spacial score (nSPS) is 16.5. The average Bonchev–Trinajstić information content (AvgIpc) is 3.15. The van der Waals surface area contributed by atoms with Crippen molar-refractivity contribution in [1.82, 2.24) is 0 Å². The van der Waals surface area contributed by atoms with Gasteiger partial charge in [0.2, 0.25) is 0 Å². The van der Waals surface area contributed by atoms with E-state index in [-0.39, 0.29) is 17.8 Å². The number of hydrogen-bond donors (Lipinski definition) is 1. The molecule has 25 heavy (non-hydrogen) atoms. The van der Waals surface area contributed by atoms with Crippen molar-refractivity contribution in [3.8, 4) is 11.5 Å². The number of carbonyl (C=O) groups excluding carboxylic acids is 1. The van der Waals surface area contributed by atoms with E-state index in [4.69, 9.17) is 14.2 Å². The van der Waals surface area contributed by atoms with Crippen molar-refractivity contribution >= 4 is 11.6 Å². The first-order chi connectivity index (χ1) is 12.2. The molecule has 1 fully saturated rings. The third-order valence-electron chi connectivity index (χ3n) is 3.99. The molecule has 0 aromatic heterocycles. The Labute approximate surface area is 145 Å². The minimum Gasteiger partial charge on any atom is -0.494 e. The Morgan fingerprint density at radius 3 is 2.76 bits per heavy atom. The van der Waals surface area contributed by atoms with E-state index in [0.717, 1.165) is 25.2 Å². The van der Waals surface area contributed by atoms with Crippen molar-refractivity contribution in [3.05, 3.63) is 53.8 Å². The highest BCUT2D eigenvalue weighted by Gasteiger charge is 2.16. The lowest BCUT2D eigenvalue weighted by molar-refractivity contribution is 0.0679. The van der Waals surface area contributed by atoms with Crippen LogP contribution in [0.3, 0.4) is 0 Å². The van der Waals surface area contributed by atoms with Crippen molar-refractivity contribution in [2.45, 2.75) is 18.9 Å². The fourth-order valence-electron chi connectivity index (χ4n) is 2.60. The smallest absolute Gasteiger partial charge is 0.255 e. The van der Waals surface area contributed by atoms with Crippen LogP contribution in [0.5, 0.6) is 11.5 Å². The van der Waals surface area contributed by atoms with Crippen LogP contribution in [-0.4, -0.2) is 32.3 Å². The summed E-state index contributed by atoms with van der Waals surface area (Å²) in [5, 5.41) is 2.76. The Balaban J connectivity index is 1.57. The highest BCUT2D eigenvalue weighted by molar-refractivity contribution is 6.04. The van der Waals surface area contributed by atoms with Crippen molar-refractivity contribution in [2.24, 2.45) is 0 Å². The van der Waals surface area contributed by atoms with Gasteiger partial charge in [-0.2, -0.15) is 0 Å². The Bertz CT molecular complexity index is 727. The first kappa shape index (κ1) is 17.2. The molecule has 2 aromatic carbocycles. The van der Waals surface area contributed by atoms with E-state index in [1.807, 2.05) is 0 Å². The van der Waals surface area contributed by atoms with Gasteiger partial charge in [-0.15, -0.1) is 0 Å². The summed E-state index contributed by atoms with van der Waals surface area (Å²) in [6.45, 7) is 1.33. The van der Waals surface area contributed by atoms with Crippen LogP contribution in [0.15, 0.2) is 42.5 Å². The van der Waals surface area contributed by atoms with Gasteiger partial charge in [0.1, 0.15) is 12.4 Å². The van der Waals surface area contributed by atoms with Gasteiger partial charge in [0.05, 0.1) is 13.2 Å². The van der Waals surface area contributed by atoms with Crippen LogP contribution in [0.1, 0.15) is 23.2 Å². The molecule has 1 aliphatic heterocycles. The summed E-state index contributed by atoms with van der Waals surface area (Å²) in [5.41, 5.74) is 0.940. The van der Waals surface area contributed by atoms with Crippen molar-refractivity contribution in [1.29, 1.82) is 0 Å². The maximum Gasteiger partial charge on any atom is 0.255 e. The molecule has 2 aromatic rings. The second-order valence-corrected chi connectivity index (χ2v) is 5.77. The summed E-state index contributed by atoms with van der Waals surface area (Å²) in [5.74, 6) is -0.0967. The number of halogens is 1. The Morgan fingerprint density at radius 2 is 2.08 bits per heavy atom. The lowest BCUT2D eigenvalue weighted by Gasteiger charge is -2.12. The quantitative estimate of drug-likeness (QED) is 0.868. The molecule has 0 bridgehead atoms. The molecule has 0 aliphatic carbocycles. The van der Waals surface area contributed by atoms with Crippen LogP contribution < -0.4 is 14.8 Å². The molecule has 0 radical (unpaired) electrons. The van der Waals surface area contributed by atoms with Gasteiger partial charge in [0, 0.05) is 17.9 Å². The zero-order chi connectivity index (χ0) is 17.6. The molecule has 1 saturated heterocycles. The van der Waals surface area contributed by atoms with Gasteiger partial charge in [-0.3, -0.25) is 4.79 Å². The predicted octanol–water partition coefficient (Wildman–Crippen LogP) is 3.64. The molecule has 5 nitrogen and oxygen atoms in total. The topological polar surface area (TPSA) is 56.8 Å². The van der Waals surface area contributed by atoms with Gasteiger partial charge in [-0.05, 0) is 55.3 Å². The van der Waals surface area contributed by atoms with Crippen LogP contribution in [0.25, 0.3) is 0 Å². The summed E-state index contributed by atoms with van der Waals surface area (Å²) in [4.78, 5) is 12.2. The SMILES string of the molecule is COc1cc(C(=O)Nc2ccc(OCC3CCCO3)cc2)ccc1F. The molecule has 1 aliphatic rings. The van der Waals surface area contributed by atoms with Crippen LogP contribution in [-0.2, 0) is 4.74 Å². The zero-order valence-electron chi connectivity index (χ0n) is 14.0. The van der Waals surface area contributed by atoms with E-state index in [1.54, 1.807) is 24.3 Å². The first-order valence-electron chi connectivity index (χ1n) is 8.15. The van der Waals surface area contributed by atoms with Gasteiger partial charge in [0.25, 0.3) is 5.91 Å². The van der Waals surface area contributed by atoms with Gasteiger partial charge in [0.15, 0.2) is 11.6 Å². The monoisotopic (exact) mass is 345 g/mol. The second-order valence-electron chi connectivity index (χ2n) is 5.77. The molecule has 132 valence electrons. The van der Waals surface area contributed by atoms with E-state index in [1.165, 1.54) is 25.3 Å². The third-order valence-corrected chi connectivity index (χ3v) is 3.99. The number of carbonyl (C=O) groups is 1. The molecular weight excluding hydrogens is 325 g/mol. The van der Waals surface area contributed by atoms with Gasteiger partial charge < -0.3 is 19.5 Å². The zero-order valence-corrected chi connectivity index (χ0v) is 14.0. The average molecular weight is 345 g/mol. The lowest BCUT2D eigenvalue weighted by atomic mass is 10.2. The lowest BCUT2D eigenvalue weighted by Crippen LogP contribution is -2.16. The van der Waals surface area contributed by atoms with Crippen LogP contribution in [0.4, 0.5) is 10.1 Å². The molecule has 1 atom stereocenters. The summed E-state index contributed by atoms with van der Waals surface area (Å²) >= 11 is 0. The van der Waals surface area contributed by atoms with Crippen molar-refractivity contribution in [2.75, 3.05) is 25.6 Å². The minimum absolute atomic E-state index is 0.0329. The van der Waals surface area contributed by atoms with Crippen molar-refractivity contribution in [3.63, 3.8) is 0 Å². The summed E-state index contributed by atoms with van der Waals surface area (Å²) in [7, 11) is 1.36. The van der Waals surface area contributed by atoms with Crippen LogP contribution in [0.2, 0.25) is 0 Å². The van der Waals surface area contributed by atoms with E-state index in [2.05, 4.69) is 5.32 Å². The summed E-state index contributed by atoms with van der Waals surface area (Å²) in [6.07, 6.45) is 2.26. The first-order valence-corrected chi connectivity index (χ1v) is 8.15. The molecule has 0 spiro atoms. The minimum atomic E-state index is -0.508. The highest BCUT2D eigenvalue weighted by atomic mass is 19.1. The van der Waals surface area contributed by atoms with E-state index in [9.17, 15) is 9.18 Å². The second kappa shape index (κ2) is 7.98. The number of hydrogen-bond acceptors (Lipinski definition) is 4. The van der Waals surface area contributed by atoms with E-state index in [0.29, 0.717) is 17.9 Å². The number of nitrogens with one attached hydrogen (secondary N) is 1. The Morgan fingerprint density at radius 1 is 1.28 bits per heavy atom. The van der Waals surface area contributed by atoms with E-state index < -0.39 is 5.82 Å². The number of rotatable bonds is 6. The predicted molar refractivity (Wildman–Crippen MR) is 91.8 cm³/mol. The largest absolute Gasteiger partial charge is 0.494 e. The summed E-state index contributed by atoms with van der Waals surface area (Å²) < 4.78 is 29.5.